The molecule has 0 aliphatic carbocycles. The Kier molecular flexibility index (Phi) is 59.4. The van der Waals surface area contributed by atoms with Gasteiger partial charge in [-0.15, -0.1) is 0 Å². The molecule has 0 aromatic heterocycles. The molecule has 0 spiro atoms. The standard InChI is InChI=1S/C74H120NO8P/c1-6-8-10-12-14-16-18-20-22-24-26-28-30-32-34-35-36-37-38-39-41-42-44-46-48-50-52-54-56-58-60-62-64-66-73(76)80-70-72(71-82-84(78,79)81-69-68-75(3,4)5)83-74(77)67-65-63-61-59-57-55-53-51-49-47-45-43-40-33-31-29-27-25-23-21-19-17-15-13-11-9-7-2/h8-11,14-17,20-23,26-29,32-34,36-37,40,45,47,51,53,57,59,72H,6-7,12-13,18-19,24-25,30-31,35,38-39,41-44,46,48-50,52,54-56,58,60-71H2,1-5H3/b10-8-,11-9-,16-14-,17-15-,22-20-,23-21-,28-26-,29-27-,34-32-,37-36-,40-33-,47-45-,53-51-,59-57-. The summed E-state index contributed by atoms with van der Waals surface area (Å²) < 4.78 is 34.2. The van der Waals surface area contributed by atoms with Gasteiger partial charge in [-0.2, -0.15) is 0 Å². The number of nitrogens with zero attached hydrogens (tertiary/aromatic N) is 1. The number of phosphoric ester groups is 1. The van der Waals surface area contributed by atoms with E-state index in [1.54, 1.807) is 0 Å². The van der Waals surface area contributed by atoms with Gasteiger partial charge >= 0.3 is 11.9 Å². The predicted molar refractivity (Wildman–Crippen MR) is 360 cm³/mol. The van der Waals surface area contributed by atoms with Crippen molar-refractivity contribution >= 4 is 19.8 Å². The Morgan fingerprint density at radius 3 is 0.976 bits per heavy atom. The van der Waals surface area contributed by atoms with Gasteiger partial charge in [-0.1, -0.05) is 261 Å². The molecule has 0 aliphatic heterocycles. The highest BCUT2D eigenvalue weighted by Crippen LogP contribution is 2.38. The first-order chi connectivity index (χ1) is 41.0. The van der Waals surface area contributed by atoms with Crippen molar-refractivity contribution in [2.24, 2.45) is 0 Å². The van der Waals surface area contributed by atoms with Gasteiger partial charge < -0.3 is 27.9 Å². The molecular weight excluding hydrogens is 1060 g/mol. The van der Waals surface area contributed by atoms with Crippen LogP contribution < -0.4 is 4.89 Å². The van der Waals surface area contributed by atoms with Gasteiger partial charge in [0, 0.05) is 12.8 Å². The van der Waals surface area contributed by atoms with Gasteiger partial charge in [-0.05, 0) is 128 Å². The molecule has 0 fully saturated rings. The van der Waals surface area contributed by atoms with Crippen molar-refractivity contribution in [2.75, 3.05) is 47.5 Å². The molecule has 9 nitrogen and oxygen atoms in total. The molecule has 0 saturated carbocycles. The fraction of sp³-hybridized carbons (Fsp3) is 0.595. The second-order valence-corrected chi connectivity index (χ2v) is 23.8. The van der Waals surface area contributed by atoms with E-state index in [0.717, 1.165) is 122 Å². The highest BCUT2D eigenvalue weighted by atomic mass is 31.2. The maximum atomic E-state index is 12.8. The number of carbonyl (C=O) groups is 2. The Bertz CT molecular complexity index is 2020. The average molecular weight is 1180 g/mol. The molecule has 0 radical (unpaired) electrons. The molecule has 2 unspecified atom stereocenters. The SMILES string of the molecule is CC/C=C\C/C=C\C/C=C\C/C=C\C/C=C\C/C=C\C/C=C\C/C=C\CCCCC(=O)OC(COC(=O)CCCCCCCCCCCCCCCC/C=C\C/C=C\C/C=C\C/C=C\C/C=C\C/C=C\CC)COP(=O)([O-])OCC[N+](C)(C)C. The smallest absolute Gasteiger partial charge is 0.306 e. The van der Waals surface area contributed by atoms with E-state index in [1.807, 2.05) is 21.1 Å². The number of hydrogen-bond donors (Lipinski definition) is 0. The third-order valence-corrected chi connectivity index (χ3v) is 14.2. The van der Waals surface area contributed by atoms with Gasteiger partial charge in [0.25, 0.3) is 7.82 Å². The van der Waals surface area contributed by atoms with Crippen LogP contribution >= 0.6 is 7.82 Å². The van der Waals surface area contributed by atoms with Crippen molar-refractivity contribution in [3.05, 3.63) is 170 Å². The number of quaternary nitrogens is 1. The molecule has 0 saturated heterocycles. The van der Waals surface area contributed by atoms with E-state index in [2.05, 4.69) is 184 Å². The lowest BCUT2D eigenvalue weighted by molar-refractivity contribution is -0.870. The predicted octanol–water partition coefficient (Wildman–Crippen LogP) is 20.7. The number of phosphoric acid groups is 1. The highest BCUT2D eigenvalue weighted by Gasteiger charge is 2.22. The summed E-state index contributed by atoms with van der Waals surface area (Å²) in [4.78, 5) is 38.0. The average Bonchev–Trinajstić information content (AvgIpc) is 3.61. The third kappa shape index (κ3) is 66.5. The Balaban J connectivity index is 4.20. The van der Waals surface area contributed by atoms with Crippen molar-refractivity contribution in [3.63, 3.8) is 0 Å². The van der Waals surface area contributed by atoms with Crippen LogP contribution in [0, 0.1) is 0 Å². The first-order valence-corrected chi connectivity index (χ1v) is 34.3. The topological polar surface area (TPSA) is 111 Å². The molecule has 0 N–H and O–H groups in total. The summed E-state index contributed by atoms with van der Waals surface area (Å²) in [5.41, 5.74) is 0. The number of hydrogen-bond acceptors (Lipinski definition) is 8. The van der Waals surface area contributed by atoms with Crippen molar-refractivity contribution in [1.82, 2.24) is 0 Å². The zero-order chi connectivity index (χ0) is 61.2. The van der Waals surface area contributed by atoms with E-state index >= 15 is 0 Å². The minimum Gasteiger partial charge on any atom is -0.756 e. The largest absolute Gasteiger partial charge is 0.756 e. The van der Waals surface area contributed by atoms with Crippen LogP contribution in [0.3, 0.4) is 0 Å². The molecule has 2 atom stereocenters. The van der Waals surface area contributed by atoms with Crippen LogP contribution in [-0.4, -0.2) is 70.0 Å². The first kappa shape index (κ1) is 79.4. The maximum Gasteiger partial charge on any atom is 0.306 e. The Hall–Kier alpha value is -4.63. The number of carbonyl (C=O) groups excluding carboxylic acids is 2. The maximum absolute atomic E-state index is 12.8. The number of ether oxygens (including phenoxy) is 2. The van der Waals surface area contributed by atoms with Crippen molar-refractivity contribution in [2.45, 2.75) is 238 Å². The van der Waals surface area contributed by atoms with E-state index < -0.39 is 32.5 Å². The lowest BCUT2D eigenvalue weighted by Crippen LogP contribution is -2.37. The fourth-order valence-electron chi connectivity index (χ4n) is 8.26. The molecular formula is C74H120NO8P. The zero-order valence-electron chi connectivity index (χ0n) is 53.8. The van der Waals surface area contributed by atoms with E-state index in [4.69, 9.17) is 18.5 Å². The van der Waals surface area contributed by atoms with Gasteiger partial charge in [0.05, 0.1) is 27.7 Å². The molecule has 0 aromatic carbocycles. The number of esters is 2. The summed E-state index contributed by atoms with van der Waals surface area (Å²) in [6.07, 6.45) is 95.6. The fourth-order valence-corrected chi connectivity index (χ4v) is 8.99. The summed E-state index contributed by atoms with van der Waals surface area (Å²) in [5, 5.41) is 0. The van der Waals surface area contributed by atoms with E-state index in [9.17, 15) is 19.0 Å². The molecule has 0 rings (SSSR count). The molecule has 0 bridgehead atoms. The second kappa shape index (κ2) is 62.9. The molecule has 0 aliphatic rings. The summed E-state index contributed by atoms with van der Waals surface area (Å²) in [5.74, 6) is -0.896. The Labute approximate surface area is 515 Å². The van der Waals surface area contributed by atoms with Crippen LogP contribution in [0.2, 0.25) is 0 Å². The van der Waals surface area contributed by atoms with Gasteiger partial charge in [-0.3, -0.25) is 14.2 Å². The van der Waals surface area contributed by atoms with Crippen LogP contribution in [0.15, 0.2) is 170 Å². The minimum absolute atomic E-state index is 0.0487. The summed E-state index contributed by atoms with van der Waals surface area (Å²) in [6, 6.07) is 0. The highest BCUT2D eigenvalue weighted by molar-refractivity contribution is 7.45. The Morgan fingerprint density at radius 2 is 0.643 bits per heavy atom. The van der Waals surface area contributed by atoms with Gasteiger partial charge in [-0.25, -0.2) is 0 Å². The van der Waals surface area contributed by atoms with Gasteiger partial charge in [0.15, 0.2) is 6.10 Å². The number of unbranched alkanes of at least 4 members (excludes halogenated alkanes) is 16. The summed E-state index contributed by atoms with van der Waals surface area (Å²) in [6.45, 7) is 3.94. The van der Waals surface area contributed by atoms with Crippen LogP contribution in [0.25, 0.3) is 0 Å². The molecule has 0 amide bonds. The summed E-state index contributed by atoms with van der Waals surface area (Å²) >= 11 is 0. The van der Waals surface area contributed by atoms with Crippen molar-refractivity contribution < 1.29 is 42.1 Å². The number of rotatable bonds is 58. The lowest BCUT2D eigenvalue weighted by atomic mass is 10.0. The van der Waals surface area contributed by atoms with E-state index in [-0.39, 0.29) is 26.1 Å². The van der Waals surface area contributed by atoms with E-state index in [0.29, 0.717) is 23.9 Å². The van der Waals surface area contributed by atoms with Crippen molar-refractivity contribution in [3.8, 4) is 0 Å². The normalized spacial score (nSPS) is 14.3. The third-order valence-electron chi connectivity index (χ3n) is 13.2. The lowest BCUT2D eigenvalue weighted by Gasteiger charge is -2.28. The first-order valence-electron chi connectivity index (χ1n) is 32.8. The molecule has 474 valence electrons. The minimum atomic E-state index is -4.67. The second-order valence-electron chi connectivity index (χ2n) is 22.4. The number of allylic oxidation sites excluding steroid dienone is 28. The molecule has 84 heavy (non-hydrogen) atoms. The molecule has 0 heterocycles. The van der Waals surface area contributed by atoms with Crippen LogP contribution in [0.4, 0.5) is 0 Å². The van der Waals surface area contributed by atoms with Crippen molar-refractivity contribution in [1.29, 1.82) is 0 Å². The van der Waals surface area contributed by atoms with Crippen LogP contribution in [-0.2, 0) is 32.7 Å². The molecule has 10 heteroatoms. The van der Waals surface area contributed by atoms with Gasteiger partial charge in [0.2, 0.25) is 0 Å². The quantitative estimate of drug-likeness (QED) is 0.0195. The van der Waals surface area contributed by atoms with E-state index in [1.165, 1.54) is 70.6 Å². The van der Waals surface area contributed by atoms with Gasteiger partial charge in [0.1, 0.15) is 19.8 Å². The number of likely N-dealkylation sites (N-methyl/N-ethyl adjacent to an activating group) is 1. The van der Waals surface area contributed by atoms with Crippen LogP contribution in [0.5, 0.6) is 0 Å². The Morgan fingerprint density at radius 1 is 0.369 bits per heavy atom. The molecule has 0 aromatic rings. The monoisotopic (exact) mass is 1180 g/mol. The van der Waals surface area contributed by atoms with Crippen LogP contribution in [0.1, 0.15) is 232 Å². The summed E-state index contributed by atoms with van der Waals surface area (Å²) in [7, 11) is 1.11. The zero-order valence-corrected chi connectivity index (χ0v) is 54.7.